The lowest BCUT2D eigenvalue weighted by molar-refractivity contribution is -0.122. The summed E-state index contributed by atoms with van der Waals surface area (Å²) in [5, 5.41) is 8.32. The highest BCUT2D eigenvalue weighted by Gasteiger charge is 2.25. The van der Waals surface area contributed by atoms with Gasteiger partial charge in [0.25, 0.3) is 0 Å². The van der Waals surface area contributed by atoms with Crippen molar-refractivity contribution in [3.8, 4) is 0 Å². The molecular formula is C9H18N4O2. The Bertz CT molecular complexity index is 240. The third-order valence-corrected chi connectivity index (χ3v) is 2.19. The Balaban J connectivity index is 2.03. The molecule has 1 saturated carbocycles. The molecule has 0 radical (unpaired) electrons. The molecule has 0 saturated heterocycles. The first kappa shape index (κ1) is 11.8. The Labute approximate surface area is 89.0 Å². The van der Waals surface area contributed by atoms with Crippen LogP contribution in [0.2, 0.25) is 0 Å². The van der Waals surface area contributed by atoms with Crippen molar-refractivity contribution >= 4 is 11.9 Å². The number of urea groups is 1. The SMILES string of the molecule is CC(NCCNC(N)=O)C(=O)NC1CC1. The van der Waals surface area contributed by atoms with E-state index in [1.807, 2.05) is 0 Å². The van der Waals surface area contributed by atoms with Crippen LogP contribution < -0.4 is 21.7 Å². The van der Waals surface area contributed by atoms with Crippen molar-refractivity contribution in [1.29, 1.82) is 0 Å². The first-order valence-corrected chi connectivity index (χ1v) is 5.16. The Morgan fingerprint density at radius 3 is 2.60 bits per heavy atom. The van der Waals surface area contributed by atoms with Gasteiger partial charge in [-0.3, -0.25) is 4.79 Å². The molecule has 15 heavy (non-hydrogen) atoms. The fourth-order valence-electron chi connectivity index (χ4n) is 1.12. The third-order valence-electron chi connectivity index (χ3n) is 2.19. The normalized spacial score (nSPS) is 16.9. The summed E-state index contributed by atoms with van der Waals surface area (Å²) in [7, 11) is 0. The van der Waals surface area contributed by atoms with Gasteiger partial charge in [-0.2, -0.15) is 0 Å². The maximum Gasteiger partial charge on any atom is 0.312 e. The summed E-state index contributed by atoms with van der Waals surface area (Å²) in [6.45, 7) is 2.75. The number of nitrogens with two attached hydrogens (primary N) is 1. The van der Waals surface area contributed by atoms with Gasteiger partial charge in [-0.05, 0) is 19.8 Å². The molecule has 0 aliphatic heterocycles. The number of hydrogen-bond acceptors (Lipinski definition) is 3. The van der Waals surface area contributed by atoms with Crippen molar-refractivity contribution in [2.45, 2.75) is 31.8 Å². The average Bonchev–Trinajstić information content (AvgIpc) is 2.95. The Hall–Kier alpha value is -1.30. The summed E-state index contributed by atoms with van der Waals surface area (Å²) >= 11 is 0. The van der Waals surface area contributed by atoms with Crippen LogP contribution in [0, 0.1) is 0 Å². The first-order valence-electron chi connectivity index (χ1n) is 5.16. The van der Waals surface area contributed by atoms with Crippen LogP contribution in [0.4, 0.5) is 4.79 Å². The Morgan fingerprint density at radius 2 is 2.07 bits per heavy atom. The smallest absolute Gasteiger partial charge is 0.312 e. The van der Waals surface area contributed by atoms with Gasteiger partial charge >= 0.3 is 6.03 Å². The molecule has 1 unspecified atom stereocenters. The van der Waals surface area contributed by atoms with E-state index in [1.54, 1.807) is 6.92 Å². The molecule has 0 bridgehead atoms. The van der Waals surface area contributed by atoms with Gasteiger partial charge in [0.05, 0.1) is 6.04 Å². The molecule has 1 atom stereocenters. The van der Waals surface area contributed by atoms with Gasteiger partial charge in [-0.1, -0.05) is 0 Å². The minimum atomic E-state index is -0.549. The van der Waals surface area contributed by atoms with Crippen LogP contribution in [0.1, 0.15) is 19.8 Å². The predicted octanol–water partition coefficient (Wildman–Crippen LogP) is -1.09. The molecule has 1 fully saturated rings. The molecule has 86 valence electrons. The highest BCUT2D eigenvalue weighted by atomic mass is 16.2. The molecule has 5 N–H and O–H groups in total. The zero-order valence-corrected chi connectivity index (χ0v) is 8.88. The molecule has 1 rings (SSSR count). The van der Waals surface area contributed by atoms with E-state index in [4.69, 9.17) is 5.73 Å². The lowest BCUT2D eigenvalue weighted by Gasteiger charge is -2.13. The van der Waals surface area contributed by atoms with E-state index in [9.17, 15) is 9.59 Å². The second-order valence-electron chi connectivity index (χ2n) is 3.75. The van der Waals surface area contributed by atoms with Crippen molar-refractivity contribution in [2.24, 2.45) is 5.73 Å². The number of amides is 3. The molecule has 0 heterocycles. The fraction of sp³-hybridized carbons (Fsp3) is 0.778. The number of primary amides is 1. The molecule has 0 aromatic rings. The second-order valence-corrected chi connectivity index (χ2v) is 3.75. The van der Waals surface area contributed by atoms with E-state index in [1.165, 1.54) is 0 Å². The number of carbonyl (C=O) groups is 2. The predicted molar refractivity (Wildman–Crippen MR) is 56.2 cm³/mol. The van der Waals surface area contributed by atoms with Crippen LogP contribution in [0.15, 0.2) is 0 Å². The Morgan fingerprint density at radius 1 is 1.40 bits per heavy atom. The van der Waals surface area contributed by atoms with Crippen LogP contribution >= 0.6 is 0 Å². The van der Waals surface area contributed by atoms with Crippen LogP contribution in [0.5, 0.6) is 0 Å². The topological polar surface area (TPSA) is 96.2 Å². The Kier molecular flexibility index (Phi) is 4.36. The summed E-state index contributed by atoms with van der Waals surface area (Å²) in [5.74, 6) is 0.0107. The number of hydrogen-bond donors (Lipinski definition) is 4. The first-order chi connectivity index (χ1) is 7.09. The van der Waals surface area contributed by atoms with E-state index >= 15 is 0 Å². The van der Waals surface area contributed by atoms with Crippen LogP contribution in [-0.4, -0.2) is 37.1 Å². The van der Waals surface area contributed by atoms with E-state index < -0.39 is 6.03 Å². The van der Waals surface area contributed by atoms with Gasteiger partial charge < -0.3 is 21.7 Å². The number of carbonyl (C=O) groups excluding carboxylic acids is 2. The monoisotopic (exact) mass is 214 g/mol. The van der Waals surface area contributed by atoms with E-state index in [-0.39, 0.29) is 11.9 Å². The van der Waals surface area contributed by atoms with Gasteiger partial charge in [-0.15, -0.1) is 0 Å². The van der Waals surface area contributed by atoms with Crippen LogP contribution in [-0.2, 0) is 4.79 Å². The van der Waals surface area contributed by atoms with Gasteiger partial charge in [-0.25, -0.2) is 4.79 Å². The lowest BCUT2D eigenvalue weighted by Crippen LogP contribution is -2.45. The largest absolute Gasteiger partial charge is 0.352 e. The van der Waals surface area contributed by atoms with E-state index in [2.05, 4.69) is 16.0 Å². The van der Waals surface area contributed by atoms with Crippen molar-refractivity contribution < 1.29 is 9.59 Å². The quantitative estimate of drug-likeness (QED) is 0.423. The zero-order valence-electron chi connectivity index (χ0n) is 8.88. The molecule has 6 nitrogen and oxygen atoms in total. The minimum absolute atomic E-state index is 0.0107. The maximum absolute atomic E-state index is 11.4. The van der Waals surface area contributed by atoms with E-state index in [0.29, 0.717) is 19.1 Å². The molecule has 0 spiro atoms. The summed E-state index contributed by atoms with van der Waals surface area (Å²) in [5.41, 5.74) is 4.89. The molecule has 3 amide bonds. The summed E-state index contributed by atoms with van der Waals surface area (Å²) in [6.07, 6.45) is 2.17. The minimum Gasteiger partial charge on any atom is -0.352 e. The highest BCUT2D eigenvalue weighted by molar-refractivity contribution is 5.81. The second kappa shape index (κ2) is 5.55. The summed E-state index contributed by atoms with van der Waals surface area (Å²) in [4.78, 5) is 21.8. The molecule has 1 aliphatic rings. The molecule has 0 aromatic carbocycles. The summed E-state index contributed by atoms with van der Waals surface area (Å²) < 4.78 is 0. The van der Waals surface area contributed by atoms with Gasteiger partial charge in [0, 0.05) is 19.1 Å². The molecule has 0 aromatic heterocycles. The van der Waals surface area contributed by atoms with Crippen molar-refractivity contribution in [1.82, 2.24) is 16.0 Å². The summed E-state index contributed by atoms with van der Waals surface area (Å²) in [6, 6.07) is -0.405. The molecular weight excluding hydrogens is 196 g/mol. The van der Waals surface area contributed by atoms with Crippen molar-refractivity contribution in [3.63, 3.8) is 0 Å². The van der Waals surface area contributed by atoms with Gasteiger partial charge in [0.15, 0.2) is 0 Å². The van der Waals surface area contributed by atoms with Crippen LogP contribution in [0.25, 0.3) is 0 Å². The number of nitrogens with one attached hydrogen (secondary N) is 3. The van der Waals surface area contributed by atoms with Crippen molar-refractivity contribution in [3.05, 3.63) is 0 Å². The standard InChI is InChI=1S/C9H18N4O2/c1-6(8(14)13-7-2-3-7)11-4-5-12-9(10)15/h6-7,11H,2-5H2,1H3,(H,13,14)(H3,10,12,15). The maximum atomic E-state index is 11.4. The van der Waals surface area contributed by atoms with Crippen LogP contribution in [0.3, 0.4) is 0 Å². The van der Waals surface area contributed by atoms with Crippen molar-refractivity contribution in [2.75, 3.05) is 13.1 Å². The molecule has 6 heteroatoms. The number of rotatable bonds is 6. The van der Waals surface area contributed by atoms with Gasteiger partial charge in [0.2, 0.25) is 5.91 Å². The van der Waals surface area contributed by atoms with Gasteiger partial charge in [0.1, 0.15) is 0 Å². The average molecular weight is 214 g/mol. The third kappa shape index (κ3) is 5.21. The zero-order chi connectivity index (χ0) is 11.3. The van der Waals surface area contributed by atoms with E-state index in [0.717, 1.165) is 12.8 Å². The molecule has 1 aliphatic carbocycles. The highest BCUT2D eigenvalue weighted by Crippen LogP contribution is 2.18. The lowest BCUT2D eigenvalue weighted by atomic mass is 10.3. The fourth-order valence-corrected chi connectivity index (χ4v) is 1.12.